The van der Waals surface area contributed by atoms with Crippen LogP contribution in [0.15, 0.2) is 51.5 Å². The Labute approximate surface area is 167 Å². The maximum Gasteiger partial charge on any atom is 0.310 e. The molecule has 1 aliphatic heterocycles. The molecule has 0 radical (unpaired) electrons. The van der Waals surface area contributed by atoms with Crippen LogP contribution in [-0.2, 0) is 27.6 Å². The fourth-order valence-electron chi connectivity index (χ4n) is 2.77. The molecule has 0 bridgehead atoms. The van der Waals surface area contributed by atoms with Crippen molar-refractivity contribution in [2.45, 2.75) is 23.9 Å². The smallest absolute Gasteiger partial charge is 0.310 e. The molecule has 0 saturated heterocycles. The van der Waals surface area contributed by atoms with Crippen molar-refractivity contribution in [1.82, 2.24) is 9.88 Å². The largest absolute Gasteiger partial charge is 0.329 e. The number of amides is 1. The summed E-state index contributed by atoms with van der Waals surface area (Å²) in [6, 6.07) is 1.36. The Hall–Kier alpha value is -1.99. The Morgan fingerprint density at radius 1 is 1.17 bits per heavy atom. The predicted octanol–water partition coefficient (Wildman–Crippen LogP) is 4.68. The first-order valence-electron chi connectivity index (χ1n) is 8.03. The predicted molar refractivity (Wildman–Crippen MR) is 101 cm³/mol. The van der Waals surface area contributed by atoms with Crippen molar-refractivity contribution in [2.24, 2.45) is 0 Å². The Morgan fingerprint density at radius 3 is 2.31 bits per heavy atom. The van der Waals surface area contributed by atoms with E-state index in [1.807, 2.05) is 0 Å². The minimum absolute atomic E-state index is 0.0103. The molecule has 3 rings (SSSR count). The number of aromatic nitrogens is 1. The molecule has 0 fully saturated rings. The monoisotopic (exact) mass is 474 g/mol. The third-order valence-electron chi connectivity index (χ3n) is 4.17. The van der Waals surface area contributed by atoms with E-state index < -0.39 is 36.9 Å². The van der Waals surface area contributed by atoms with Crippen LogP contribution in [0.4, 0.5) is 19.4 Å². The number of carbonyl (C=O) groups is 1. The Kier molecular flexibility index (Phi) is 4.87. The van der Waals surface area contributed by atoms with Crippen molar-refractivity contribution in [1.29, 1.82) is 0 Å². The van der Waals surface area contributed by atoms with E-state index in [4.69, 9.17) is 0 Å². The van der Waals surface area contributed by atoms with Crippen LogP contribution < -0.4 is 0 Å². The molecule has 0 N–H and O–H groups in total. The molecule has 0 aliphatic carbocycles. The molecule has 13 heteroatoms. The first-order valence-corrected chi connectivity index (χ1v) is 12.6. The highest BCUT2D eigenvalue weighted by Crippen LogP contribution is 3.02. The van der Waals surface area contributed by atoms with E-state index in [2.05, 4.69) is 4.98 Å². The lowest BCUT2D eigenvalue weighted by molar-refractivity contribution is -0.132. The highest BCUT2D eigenvalue weighted by Gasteiger charge is 2.65. The topological polar surface area (TPSA) is 67.3 Å². The summed E-state index contributed by atoms with van der Waals surface area (Å²) in [6.07, 6.45) is 0.978. The molecule has 29 heavy (non-hydrogen) atoms. The summed E-state index contributed by atoms with van der Waals surface area (Å²) >= 11 is 1.28. The zero-order valence-corrected chi connectivity index (χ0v) is 17.0. The normalized spacial score (nSPS) is 20.8. The van der Waals surface area contributed by atoms with Gasteiger partial charge in [-0.2, -0.15) is 0 Å². The quantitative estimate of drug-likeness (QED) is 0.570. The number of hydrogen-bond acceptors (Lipinski definition) is 5. The Bertz CT molecular complexity index is 1050. The second-order valence-electron chi connectivity index (χ2n) is 6.52. The maximum atomic E-state index is 12.8. The molecule has 0 saturated carbocycles. The average molecular weight is 474 g/mol. The van der Waals surface area contributed by atoms with Gasteiger partial charge < -0.3 is 4.90 Å². The Balaban J connectivity index is 1.81. The van der Waals surface area contributed by atoms with E-state index >= 15 is 0 Å². The summed E-state index contributed by atoms with van der Waals surface area (Å²) in [5.74, 6) is -0.878. The first kappa shape index (κ1) is 21.7. The number of nitrogens with zero attached hydrogens (tertiary/aromatic N) is 2. The number of halogens is 5. The Morgan fingerprint density at radius 2 is 1.83 bits per heavy atom. The standard InChI is InChI=1S/C16H15F5N2O3S3/c17-29(18,19,20,21)15-3-1-12(2-4-15)7-16(24)23(8-13-9-27-11-22-13)14-5-6-28(25,26)10-14/h1-6,9,11,14H,7-8,10H2. The van der Waals surface area contributed by atoms with Crippen LogP contribution in [0.1, 0.15) is 11.3 Å². The SMILES string of the molecule is O=C(Cc1ccc(S(F)(F)(F)(F)F)cc1)N(Cc1cscn1)C1C=CS(=O)(=O)C1. The van der Waals surface area contributed by atoms with E-state index in [1.54, 1.807) is 5.38 Å². The van der Waals surface area contributed by atoms with Crippen LogP contribution in [0.25, 0.3) is 0 Å². The van der Waals surface area contributed by atoms with Crippen molar-refractivity contribution < 1.29 is 32.6 Å². The fourth-order valence-corrected chi connectivity index (χ4v) is 5.27. The zero-order chi connectivity index (χ0) is 21.6. The summed E-state index contributed by atoms with van der Waals surface area (Å²) in [5, 5.41) is 2.68. The second kappa shape index (κ2) is 6.51. The fraction of sp³-hybridized carbons (Fsp3) is 0.250. The van der Waals surface area contributed by atoms with Gasteiger partial charge in [0.1, 0.15) is 4.90 Å². The maximum absolute atomic E-state index is 12.8. The van der Waals surface area contributed by atoms with E-state index in [1.165, 1.54) is 27.8 Å². The van der Waals surface area contributed by atoms with Gasteiger partial charge in [0.15, 0.2) is 9.84 Å². The highest BCUT2D eigenvalue weighted by atomic mass is 32.5. The number of benzene rings is 1. The van der Waals surface area contributed by atoms with Crippen LogP contribution in [0.5, 0.6) is 0 Å². The molecular weight excluding hydrogens is 459 g/mol. The minimum atomic E-state index is -9.79. The number of carbonyl (C=O) groups excluding carboxylic acids is 1. The molecule has 1 aromatic heterocycles. The molecule has 2 heterocycles. The first-order chi connectivity index (χ1) is 13.1. The number of rotatable bonds is 6. The number of sulfone groups is 1. The van der Waals surface area contributed by atoms with Crippen LogP contribution in [0, 0.1) is 0 Å². The van der Waals surface area contributed by atoms with Gasteiger partial charge in [-0.25, -0.2) is 13.4 Å². The van der Waals surface area contributed by atoms with Crippen molar-refractivity contribution in [2.75, 3.05) is 5.75 Å². The summed E-state index contributed by atoms with van der Waals surface area (Å²) < 4.78 is 87.5. The van der Waals surface area contributed by atoms with Gasteiger partial charge in [0, 0.05) is 10.8 Å². The van der Waals surface area contributed by atoms with Crippen molar-refractivity contribution in [3.63, 3.8) is 0 Å². The van der Waals surface area contributed by atoms with Crippen LogP contribution >= 0.6 is 21.6 Å². The molecule has 1 unspecified atom stereocenters. The van der Waals surface area contributed by atoms with Gasteiger partial charge in [-0.05, 0) is 23.8 Å². The lowest BCUT2D eigenvalue weighted by Crippen LogP contribution is -2.41. The van der Waals surface area contributed by atoms with Gasteiger partial charge >= 0.3 is 10.2 Å². The third-order valence-corrected chi connectivity index (χ3v) is 7.35. The lowest BCUT2D eigenvalue weighted by atomic mass is 10.1. The summed E-state index contributed by atoms with van der Waals surface area (Å²) in [6.45, 7) is 0.0103. The minimum Gasteiger partial charge on any atom is -0.329 e. The molecule has 0 spiro atoms. The molecule has 5 nitrogen and oxygen atoms in total. The van der Waals surface area contributed by atoms with Gasteiger partial charge in [0.25, 0.3) is 0 Å². The third kappa shape index (κ3) is 5.54. The molecule has 1 aromatic carbocycles. The van der Waals surface area contributed by atoms with E-state index in [-0.39, 0.29) is 36.4 Å². The van der Waals surface area contributed by atoms with Gasteiger partial charge in [0.05, 0.1) is 36.0 Å². The van der Waals surface area contributed by atoms with Crippen LogP contribution in [0.2, 0.25) is 0 Å². The molecular formula is C16H15F5N2O3S3. The van der Waals surface area contributed by atoms with E-state index in [0.29, 0.717) is 5.69 Å². The number of thiazole rings is 1. The molecule has 160 valence electrons. The van der Waals surface area contributed by atoms with Crippen molar-refractivity contribution >= 4 is 37.3 Å². The van der Waals surface area contributed by atoms with Crippen LogP contribution in [0.3, 0.4) is 0 Å². The second-order valence-corrected chi connectivity index (χ2v) is 11.6. The summed E-state index contributed by atoms with van der Waals surface area (Å²) in [5.41, 5.74) is 2.16. The van der Waals surface area contributed by atoms with Gasteiger partial charge in [-0.3, -0.25) is 4.79 Å². The van der Waals surface area contributed by atoms with Gasteiger partial charge in [0.2, 0.25) is 5.91 Å². The highest BCUT2D eigenvalue weighted by molar-refractivity contribution is 8.45. The molecule has 1 atom stereocenters. The summed E-state index contributed by atoms with van der Waals surface area (Å²) in [4.78, 5) is 16.0. The molecule has 1 aliphatic rings. The lowest BCUT2D eigenvalue weighted by Gasteiger charge is -2.40. The van der Waals surface area contributed by atoms with Gasteiger partial charge in [-0.15, -0.1) is 11.3 Å². The van der Waals surface area contributed by atoms with Crippen molar-refractivity contribution in [3.8, 4) is 0 Å². The molecule has 1 amide bonds. The van der Waals surface area contributed by atoms with Crippen LogP contribution in [-0.4, -0.2) is 36.0 Å². The zero-order valence-electron chi connectivity index (χ0n) is 14.6. The van der Waals surface area contributed by atoms with Crippen molar-refractivity contribution in [3.05, 3.63) is 57.9 Å². The average Bonchev–Trinajstić information content (AvgIpc) is 3.20. The number of hydrogen-bond donors (Lipinski definition) is 0. The summed E-state index contributed by atoms with van der Waals surface area (Å²) in [7, 11) is -13.2. The van der Waals surface area contributed by atoms with Gasteiger partial charge in [-0.1, -0.05) is 31.6 Å². The molecule has 2 aromatic rings. The van der Waals surface area contributed by atoms with E-state index in [0.717, 1.165) is 17.5 Å². The van der Waals surface area contributed by atoms with E-state index in [9.17, 15) is 32.6 Å².